The molecular formula is C16H16O3. The Kier molecular flexibility index (Phi) is 2.63. The Morgan fingerprint density at radius 3 is 1.53 bits per heavy atom. The summed E-state index contributed by atoms with van der Waals surface area (Å²) in [6.07, 6.45) is 0. The van der Waals surface area contributed by atoms with Crippen LogP contribution in [0.5, 0.6) is 11.5 Å². The van der Waals surface area contributed by atoms with Crippen LogP contribution in [0.4, 0.5) is 0 Å². The van der Waals surface area contributed by atoms with E-state index in [0.717, 1.165) is 44.6 Å². The van der Waals surface area contributed by atoms with E-state index in [1.54, 1.807) is 14.2 Å². The molecule has 0 saturated heterocycles. The second-order valence-electron chi connectivity index (χ2n) is 4.74. The van der Waals surface area contributed by atoms with E-state index in [0.29, 0.717) is 0 Å². The van der Waals surface area contributed by atoms with E-state index in [-0.39, 0.29) is 0 Å². The third kappa shape index (κ3) is 1.73. The van der Waals surface area contributed by atoms with Crippen LogP contribution in [-0.2, 0) is 0 Å². The van der Waals surface area contributed by atoms with Crippen molar-refractivity contribution >= 4 is 21.9 Å². The molecule has 0 spiro atoms. The van der Waals surface area contributed by atoms with Gasteiger partial charge in [0, 0.05) is 22.9 Å². The van der Waals surface area contributed by atoms with Gasteiger partial charge in [0.25, 0.3) is 0 Å². The first-order chi connectivity index (χ1) is 9.13. The molecule has 0 N–H and O–H groups in total. The quantitative estimate of drug-likeness (QED) is 0.688. The van der Waals surface area contributed by atoms with Crippen molar-refractivity contribution < 1.29 is 13.9 Å². The first-order valence-electron chi connectivity index (χ1n) is 6.19. The largest absolute Gasteiger partial charge is 0.497 e. The van der Waals surface area contributed by atoms with Gasteiger partial charge in [0.2, 0.25) is 0 Å². The number of hydrogen-bond acceptors (Lipinski definition) is 3. The number of aryl methyl sites for hydroxylation is 2. The van der Waals surface area contributed by atoms with Crippen molar-refractivity contribution in [3.05, 3.63) is 35.4 Å². The lowest BCUT2D eigenvalue weighted by Gasteiger charge is -2.04. The fraction of sp³-hybridized carbons (Fsp3) is 0.250. The summed E-state index contributed by atoms with van der Waals surface area (Å²) in [5.74, 6) is 1.63. The number of ether oxygens (including phenoxy) is 2. The summed E-state index contributed by atoms with van der Waals surface area (Å²) < 4.78 is 16.5. The molecule has 1 aromatic heterocycles. The monoisotopic (exact) mass is 256 g/mol. The van der Waals surface area contributed by atoms with E-state index in [9.17, 15) is 0 Å². The Morgan fingerprint density at radius 1 is 0.737 bits per heavy atom. The SMILES string of the molecule is COc1cc(C)c2c(c1)oc1cc(OC)cc(C)c12. The molecule has 0 bridgehead atoms. The van der Waals surface area contributed by atoms with Gasteiger partial charge >= 0.3 is 0 Å². The molecule has 0 unspecified atom stereocenters. The zero-order chi connectivity index (χ0) is 13.6. The number of hydrogen-bond donors (Lipinski definition) is 0. The maximum absolute atomic E-state index is 5.94. The number of methoxy groups -OCH3 is 2. The number of furan rings is 1. The summed E-state index contributed by atoms with van der Waals surface area (Å²) in [5, 5.41) is 2.30. The van der Waals surface area contributed by atoms with Gasteiger partial charge in [-0.3, -0.25) is 0 Å². The first-order valence-corrected chi connectivity index (χ1v) is 6.19. The molecule has 0 aliphatic carbocycles. The first kappa shape index (κ1) is 11.9. The van der Waals surface area contributed by atoms with Crippen molar-refractivity contribution in [3.8, 4) is 11.5 Å². The van der Waals surface area contributed by atoms with E-state index in [1.165, 1.54) is 0 Å². The van der Waals surface area contributed by atoms with Crippen LogP contribution >= 0.6 is 0 Å². The van der Waals surface area contributed by atoms with Crippen LogP contribution in [0.2, 0.25) is 0 Å². The highest BCUT2D eigenvalue weighted by molar-refractivity contribution is 6.09. The van der Waals surface area contributed by atoms with E-state index >= 15 is 0 Å². The Balaban J connectivity index is 2.45. The Hall–Kier alpha value is -2.16. The summed E-state index contributed by atoms with van der Waals surface area (Å²) >= 11 is 0. The van der Waals surface area contributed by atoms with Crippen molar-refractivity contribution in [2.24, 2.45) is 0 Å². The number of fused-ring (bicyclic) bond motifs is 3. The summed E-state index contributed by atoms with van der Waals surface area (Å²) in [4.78, 5) is 0. The van der Waals surface area contributed by atoms with E-state index in [2.05, 4.69) is 13.8 Å². The molecule has 0 aliphatic heterocycles. The lowest BCUT2D eigenvalue weighted by molar-refractivity contribution is 0.413. The highest BCUT2D eigenvalue weighted by atomic mass is 16.5. The van der Waals surface area contributed by atoms with Crippen LogP contribution in [-0.4, -0.2) is 14.2 Å². The fourth-order valence-corrected chi connectivity index (χ4v) is 2.60. The third-order valence-electron chi connectivity index (χ3n) is 3.49. The van der Waals surface area contributed by atoms with Gasteiger partial charge < -0.3 is 13.9 Å². The van der Waals surface area contributed by atoms with Gasteiger partial charge in [-0.2, -0.15) is 0 Å². The van der Waals surface area contributed by atoms with Crippen LogP contribution in [0.1, 0.15) is 11.1 Å². The van der Waals surface area contributed by atoms with Gasteiger partial charge in [-0.25, -0.2) is 0 Å². The second kappa shape index (κ2) is 4.19. The molecule has 2 aromatic carbocycles. The molecule has 98 valence electrons. The van der Waals surface area contributed by atoms with Crippen LogP contribution in [0.25, 0.3) is 21.9 Å². The molecule has 0 saturated carbocycles. The molecule has 3 nitrogen and oxygen atoms in total. The highest BCUT2D eigenvalue weighted by Crippen LogP contribution is 2.37. The van der Waals surface area contributed by atoms with Crippen molar-refractivity contribution in [1.29, 1.82) is 0 Å². The molecule has 3 aromatic rings. The Morgan fingerprint density at radius 2 is 1.16 bits per heavy atom. The molecular weight excluding hydrogens is 240 g/mol. The summed E-state index contributed by atoms with van der Waals surface area (Å²) in [5.41, 5.74) is 4.01. The molecule has 3 rings (SSSR count). The molecule has 0 aliphatic rings. The predicted octanol–water partition coefficient (Wildman–Crippen LogP) is 4.22. The van der Waals surface area contributed by atoms with Crippen molar-refractivity contribution in [2.45, 2.75) is 13.8 Å². The average Bonchev–Trinajstić information content (AvgIpc) is 2.77. The van der Waals surface area contributed by atoms with E-state index < -0.39 is 0 Å². The lowest BCUT2D eigenvalue weighted by Crippen LogP contribution is -1.86. The van der Waals surface area contributed by atoms with E-state index in [4.69, 9.17) is 13.9 Å². The highest BCUT2D eigenvalue weighted by Gasteiger charge is 2.14. The maximum atomic E-state index is 5.94. The fourth-order valence-electron chi connectivity index (χ4n) is 2.60. The van der Waals surface area contributed by atoms with Crippen molar-refractivity contribution in [2.75, 3.05) is 14.2 Å². The standard InChI is InChI=1S/C16H16O3/c1-9-5-11(17-3)7-13-15(9)16-10(2)6-12(18-4)8-14(16)19-13/h5-8H,1-4H3. The number of rotatable bonds is 2. The molecule has 0 radical (unpaired) electrons. The maximum Gasteiger partial charge on any atom is 0.139 e. The third-order valence-corrected chi connectivity index (χ3v) is 3.49. The van der Waals surface area contributed by atoms with Gasteiger partial charge in [0.05, 0.1) is 14.2 Å². The molecule has 0 atom stereocenters. The molecule has 3 heteroatoms. The van der Waals surface area contributed by atoms with E-state index in [1.807, 2.05) is 24.3 Å². The average molecular weight is 256 g/mol. The Bertz CT molecular complexity index is 704. The molecule has 19 heavy (non-hydrogen) atoms. The molecule has 1 heterocycles. The van der Waals surface area contributed by atoms with Gasteiger partial charge in [0.15, 0.2) is 0 Å². The lowest BCUT2D eigenvalue weighted by atomic mass is 10.0. The minimum Gasteiger partial charge on any atom is -0.497 e. The Labute approximate surface area is 111 Å². The van der Waals surface area contributed by atoms with Crippen LogP contribution < -0.4 is 9.47 Å². The van der Waals surface area contributed by atoms with Crippen LogP contribution in [0.15, 0.2) is 28.7 Å². The van der Waals surface area contributed by atoms with Gasteiger partial charge in [-0.05, 0) is 37.1 Å². The van der Waals surface area contributed by atoms with Crippen molar-refractivity contribution in [3.63, 3.8) is 0 Å². The van der Waals surface area contributed by atoms with Gasteiger partial charge in [-0.1, -0.05) is 0 Å². The smallest absolute Gasteiger partial charge is 0.139 e. The minimum absolute atomic E-state index is 0.814. The van der Waals surface area contributed by atoms with Gasteiger partial charge in [0.1, 0.15) is 22.7 Å². The van der Waals surface area contributed by atoms with Crippen LogP contribution in [0, 0.1) is 13.8 Å². The van der Waals surface area contributed by atoms with Crippen molar-refractivity contribution in [1.82, 2.24) is 0 Å². The topological polar surface area (TPSA) is 31.6 Å². The minimum atomic E-state index is 0.814. The summed E-state index contributed by atoms with van der Waals surface area (Å²) in [7, 11) is 3.33. The zero-order valence-corrected chi connectivity index (χ0v) is 11.5. The molecule has 0 fully saturated rings. The summed E-state index contributed by atoms with van der Waals surface area (Å²) in [6, 6.07) is 7.91. The summed E-state index contributed by atoms with van der Waals surface area (Å²) in [6.45, 7) is 4.15. The van der Waals surface area contributed by atoms with Gasteiger partial charge in [-0.15, -0.1) is 0 Å². The predicted molar refractivity (Wildman–Crippen MR) is 76.3 cm³/mol. The molecule has 0 amide bonds. The normalized spacial score (nSPS) is 11.2. The second-order valence-corrected chi connectivity index (χ2v) is 4.74. The van der Waals surface area contributed by atoms with Crippen LogP contribution in [0.3, 0.4) is 0 Å². The zero-order valence-electron chi connectivity index (χ0n) is 11.5. The number of benzene rings is 2.